The fourth-order valence-electron chi connectivity index (χ4n) is 1.97. The third kappa shape index (κ3) is 6.12. The maximum atomic E-state index is 5.79. The average molecular weight is 400 g/mol. The van der Waals surface area contributed by atoms with Gasteiger partial charge in [-0.25, -0.2) is 4.68 Å². The summed E-state index contributed by atoms with van der Waals surface area (Å²) in [7, 11) is 1.85. The Morgan fingerprint density at radius 3 is 3.00 bits per heavy atom. The van der Waals surface area contributed by atoms with E-state index in [1.54, 1.807) is 16.4 Å². The van der Waals surface area contributed by atoms with E-state index >= 15 is 0 Å². The van der Waals surface area contributed by atoms with Crippen LogP contribution in [0.5, 0.6) is 5.75 Å². The molecule has 0 aliphatic carbocycles. The predicted molar refractivity (Wildman–Crippen MR) is 95.8 cm³/mol. The molecule has 8 heteroatoms. The van der Waals surface area contributed by atoms with Crippen LogP contribution < -0.4 is 10.1 Å². The summed E-state index contributed by atoms with van der Waals surface area (Å²) in [6.45, 7) is 4.60. The van der Waals surface area contributed by atoms with Gasteiger partial charge in [0.1, 0.15) is 5.75 Å². The van der Waals surface area contributed by atoms with Gasteiger partial charge in [0.2, 0.25) is 5.16 Å². The number of nitrogens with zero attached hydrogens (tertiary/aromatic N) is 4. The Morgan fingerprint density at radius 1 is 1.39 bits per heavy atom. The van der Waals surface area contributed by atoms with Crippen LogP contribution in [0.4, 0.5) is 0 Å². The van der Waals surface area contributed by atoms with Crippen LogP contribution in [0.2, 0.25) is 0 Å². The van der Waals surface area contributed by atoms with Gasteiger partial charge in [0.05, 0.1) is 6.61 Å². The van der Waals surface area contributed by atoms with Crippen molar-refractivity contribution in [2.24, 2.45) is 7.05 Å². The standard InChI is InChI=1S/C15H22BrN5OS/c1-3-8-22-14-6-5-13(16)10-12(14)11-17-7-4-9-23-15-18-19-20-21(15)2/h5-6,10,17H,3-4,7-9,11H2,1-2H3. The largest absolute Gasteiger partial charge is 0.493 e. The first-order chi connectivity index (χ1) is 11.2. The Bertz CT molecular complexity index is 607. The molecule has 1 N–H and O–H groups in total. The van der Waals surface area contributed by atoms with Crippen LogP contribution in [0.1, 0.15) is 25.3 Å². The second kappa shape index (κ2) is 9.89. The summed E-state index contributed by atoms with van der Waals surface area (Å²) in [6.07, 6.45) is 2.06. The molecule has 1 heterocycles. The lowest BCUT2D eigenvalue weighted by molar-refractivity contribution is 0.313. The Balaban J connectivity index is 1.71. The van der Waals surface area contributed by atoms with Gasteiger partial charge in [0.25, 0.3) is 0 Å². The van der Waals surface area contributed by atoms with Gasteiger partial charge < -0.3 is 10.1 Å². The number of aryl methyl sites for hydroxylation is 1. The van der Waals surface area contributed by atoms with Crippen molar-refractivity contribution >= 4 is 27.7 Å². The second-order valence-electron chi connectivity index (χ2n) is 5.06. The summed E-state index contributed by atoms with van der Waals surface area (Å²) in [4.78, 5) is 0. The molecule has 0 fully saturated rings. The number of rotatable bonds is 10. The first-order valence-electron chi connectivity index (χ1n) is 7.67. The number of thioether (sulfide) groups is 1. The molecule has 0 atom stereocenters. The van der Waals surface area contributed by atoms with Crippen LogP contribution in [0, 0.1) is 0 Å². The Kier molecular flexibility index (Phi) is 7.84. The number of benzene rings is 1. The lowest BCUT2D eigenvalue weighted by Gasteiger charge is -2.12. The van der Waals surface area contributed by atoms with Crippen molar-refractivity contribution in [1.29, 1.82) is 0 Å². The number of tetrazole rings is 1. The third-order valence-corrected chi connectivity index (χ3v) is 4.70. The van der Waals surface area contributed by atoms with Crippen LogP contribution >= 0.6 is 27.7 Å². The molecule has 1 aromatic heterocycles. The molecular weight excluding hydrogens is 378 g/mol. The third-order valence-electron chi connectivity index (χ3n) is 3.11. The van der Waals surface area contributed by atoms with Gasteiger partial charge in [-0.1, -0.05) is 34.6 Å². The summed E-state index contributed by atoms with van der Waals surface area (Å²) in [5, 5.41) is 15.7. The number of nitrogens with one attached hydrogen (secondary N) is 1. The van der Waals surface area contributed by atoms with Gasteiger partial charge in [0, 0.05) is 29.4 Å². The molecule has 0 unspecified atom stereocenters. The molecule has 23 heavy (non-hydrogen) atoms. The van der Waals surface area contributed by atoms with E-state index < -0.39 is 0 Å². The molecule has 0 amide bonds. The van der Waals surface area contributed by atoms with E-state index in [0.717, 1.165) is 53.7 Å². The van der Waals surface area contributed by atoms with Crippen LogP contribution in [0.15, 0.2) is 27.8 Å². The summed E-state index contributed by atoms with van der Waals surface area (Å²) in [6, 6.07) is 6.14. The highest BCUT2D eigenvalue weighted by Crippen LogP contribution is 2.23. The highest BCUT2D eigenvalue weighted by Gasteiger charge is 2.05. The quantitative estimate of drug-likeness (QED) is 0.489. The van der Waals surface area contributed by atoms with Crippen molar-refractivity contribution < 1.29 is 4.74 Å². The van der Waals surface area contributed by atoms with Crippen molar-refractivity contribution in [2.45, 2.75) is 31.5 Å². The maximum Gasteiger partial charge on any atom is 0.209 e. The number of hydrogen-bond donors (Lipinski definition) is 1. The van der Waals surface area contributed by atoms with Crippen LogP contribution in [-0.4, -0.2) is 39.1 Å². The van der Waals surface area contributed by atoms with E-state index in [2.05, 4.69) is 49.8 Å². The first-order valence-corrected chi connectivity index (χ1v) is 9.45. The van der Waals surface area contributed by atoms with Crippen LogP contribution in [0.3, 0.4) is 0 Å². The molecule has 0 saturated heterocycles. The summed E-state index contributed by atoms with van der Waals surface area (Å²) in [5.74, 6) is 1.95. The van der Waals surface area contributed by atoms with E-state index in [4.69, 9.17) is 4.74 Å². The number of halogens is 1. The molecule has 2 rings (SSSR count). The maximum absolute atomic E-state index is 5.79. The zero-order chi connectivity index (χ0) is 16.5. The molecule has 0 aliphatic heterocycles. The number of aromatic nitrogens is 4. The predicted octanol–water partition coefficient (Wildman–Crippen LogP) is 3.03. The Morgan fingerprint density at radius 2 is 2.26 bits per heavy atom. The molecule has 1 aromatic carbocycles. The molecule has 0 saturated carbocycles. The zero-order valence-electron chi connectivity index (χ0n) is 13.5. The summed E-state index contributed by atoms with van der Waals surface area (Å²) < 4.78 is 8.56. The Labute approximate surface area is 149 Å². The van der Waals surface area contributed by atoms with Gasteiger partial charge in [-0.2, -0.15) is 0 Å². The first kappa shape index (κ1) is 18.2. The summed E-state index contributed by atoms with van der Waals surface area (Å²) in [5.41, 5.74) is 1.18. The monoisotopic (exact) mass is 399 g/mol. The van der Waals surface area contributed by atoms with E-state index in [9.17, 15) is 0 Å². The summed E-state index contributed by atoms with van der Waals surface area (Å²) >= 11 is 5.19. The number of ether oxygens (including phenoxy) is 1. The number of hydrogen-bond acceptors (Lipinski definition) is 6. The lowest BCUT2D eigenvalue weighted by Crippen LogP contribution is -2.16. The lowest BCUT2D eigenvalue weighted by atomic mass is 10.2. The van der Waals surface area contributed by atoms with Gasteiger partial charge in [-0.05, 0) is 48.0 Å². The Hall–Kier alpha value is -1.12. The van der Waals surface area contributed by atoms with Gasteiger partial charge >= 0.3 is 0 Å². The molecule has 0 aliphatic rings. The van der Waals surface area contributed by atoms with E-state index in [1.165, 1.54) is 5.56 Å². The fraction of sp³-hybridized carbons (Fsp3) is 0.533. The minimum absolute atomic E-state index is 0.747. The van der Waals surface area contributed by atoms with Crippen molar-refractivity contribution in [3.05, 3.63) is 28.2 Å². The highest BCUT2D eigenvalue weighted by atomic mass is 79.9. The minimum Gasteiger partial charge on any atom is -0.493 e. The van der Waals surface area contributed by atoms with Crippen molar-refractivity contribution in [2.75, 3.05) is 18.9 Å². The molecule has 0 bridgehead atoms. The minimum atomic E-state index is 0.747. The molecule has 0 spiro atoms. The van der Waals surface area contributed by atoms with Crippen molar-refractivity contribution in [3.63, 3.8) is 0 Å². The smallest absolute Gasteiger partial charge is 0.209 e. The van der Waals surface area contributed by atoms with Gasteiger partial charge in [-0.3, -0.25) is 0 Å². The SMILES string of the molecule is CCCOc1ccc(Br)cc1CNCCCSc1nnnn1C. The molecule has 6 nitrogen and oxygen atoms in total. The van der Waals surface area contributed by atoms with Gasteiger partial charge in [-0.15, -0.1) is 5.10 Å². The highest BCUT2D eigenvalue weighted by molar-refractivity contribution is 9.10. The molecular formula is C15H22BrN5OS. The van der Waals surface area contributed by atoms with Crippen LogP contribution in [-0.2, 0) is 13.6 Å². The van der Waals surface area contributed by atoms with Crippen molar-refractivity contribution in [1.82, 2.24) is 25.5 Å². The fourth-order valence-corrected chi connectivity index (χ4v) is 3.16. The second-order valence-corrected chi connectivity index (χ2v) is 7.04. The zero-order valence-corrected chi connectivity index (χ0v) is 15.9. The molecule has 2 aromatic rings. The topological polar surface area (TPSA) is 64.9 Å². The van der Waals surface area contributed by atoms with Crippen LogP contribution in [0.25, 0.3) is 0 Å². The van der Waals surface area contributed by atoms with Crippen molar-refractivity contribution in [3.8, 4) is 5.75 Å². The van der Waals surface area contributed by atoms with E-state index in [0.29, 0.717) is 0 Å². The average Bonchev–Trinajstić information content (AvgIpc) is 2.95. The molecule has 0 radical (unpaired) electrons. The molecule has 126 valence electrons. The van der Waals surface area contributed by atoms with Gasteiger partial charge in [0.15, 0.2) is 0 Å². The van der Waals surface area contributed by atoms with E-state index in [-0.39, 0.29) is 0 Å². The normalized spacial score (nSPS) is 10.9. The van der Waals surface area contributed by atoms with E-state index in [1.807, 2.05) is 19.2 Å².